The Labute approximate surface area is 215 Å². The molecule has 8 nitrogen and oxygen atoms in total. The zero-order chi connectivity index (χ0) is 27.3. The molecule has 0 aromatic heterocycles. The Morgan fingerprint density at radius 1 is 1.05 bits per heavy atom. The van der Waals surface area contributed by atoms with Gasteiger partial charge in [-0.3, -0.25) is 10.1 Å². The van der Waals surface area contributed by atoms with E-state index in [4.69, 9.17) is 9.47 Å². The van der Waals surface area contributed by atoms with Crippen molar-refractivity contribution in [1.82, 2.24) is 5.32 Å². The molecule has 0 aliphatic carbocycles. The Balaban J connectivity index is 1.51. The lowest BCUT2D eigenvalue weighted by Crippen LogP contribution is -2.32. The first kappa shape index (κ1) is 26.3. The fourth-order valence-corrected chi connectivity index (χ4v) is 3.65. The van der Waals surface area contributed by atoms with E-state index in [0.29, 0.717) is 0 Å². The molecule has 1 unspecified atom stereocenters. The maximum Gasteiger partial charge on any atom is 0.420 e. The summed E-state index contributed by atoms with van der Waals surface area (Å²) in [5.74, 6) is -2.06. The fourth-order valence-electron chi connectivity index (χ4n) is 3.65. The van der Waals surface area contributed by atoms with Gasteiger partial charge in [0.15, 0.2) is 5.76 Å². The van der Waals surface area contributed by atoms with Crippen LogP contribution in [0.5, 0.6) is 11.5 Å². The van der Waals surface area contributed by atoms with E-state index >= 15 is 0 Å². The Morgan fingerprint density at radius 3 is 2.37 bits per heavy atom. The van der Waals surface area contributed by atoms with Gasteiger partial charge in [-0.05, 0) is 53.6 Å². The molecule has 38 heavy (non-hydrogen) atoms. The highest BCUT2D eigenvalue weighted by molar-refractivity contribution is 6.09. The number of methoxy groups -OCH3 is 1. The number of esters is 1. The smallest absolute Gasteiger partial charge is 0.420 e. The van der Waals surface area contributed by atoms with Crippen molar-refractivity contribution < 1.29 is 41.8 Å². The second kappa shape index (κ2) is 11.1. The first-order chi connectivity index (χ1) is 18.1. The number of rotatable bonds is 8. The summed E-state index contributed by atoms with van der Waals surface area (Å²) < 4.78 is 56.3. The minimum Gasteiger partial charge on any atom is -0.467 e. The maximum atomic E-state index is 13.8. The molecule has 11 heteroatoms. The normalized spacial score (nSPS) is 15.0. The van der Waals surface area contributed by atoms with Crippen molar-refractivity contribution in [2.75, 3.05) is 12.4 Å². The van der Waals surface area contributed by atoms with Crippen molar-refractivity contribution >= 4 is 29.7 Å². The van der Waals surface area contributed by atoms with E-state index < -0.39 is 47.3 Å². The summed E-state index contributed by atoms with van der Waals surface area (Å²) in [4.78, 5) is 35.0. The first-order valence-corrected chi connectivity index (χ1v) is 11.2. The molecule has 196 valence electrons. The van der Waals surface area contributed by atoms with Crippen molar-refractivity contribution in [2.45, 2.75) is 18.6 Å². The van der Waals surface area contributed by atoms with Gasteiger partial charge in [0.05, 0.1) is 12.7 Å². The summed E-state index contributed by atoms with van der Waals surface area (Å²) in [6.45, 7) is 0. The second-order valence-electron chi connectivity index (χ2n) is 8.14. The standard InChI is InChI=1S/C27H21F3N2O6/c1-36-25(34)21(31-18-5-3-2-4-6-18)14-16-7-10-19(11-8-16)37-22-12-9-17(13-20(22)27(28,29)30)15-23-24(33)32-26(35)38-23/h2-13,15,21,31H,14H2,1H3,(H,32,33,35). The van der Waals surface area contributed by atoms with Crippen LogP contribution in [0.1, 0.15) is 16.7 Å². The average Bonchev–Trinajstić information content (AvgIpc) is 3.21. The summed E-state index contributed by atoms with van der Waals surface area (Å²) in [6, 6.07) is 17.9. The van der Waals surface area contributed by atoms with Crippen LogP contribution in [-0.2, 0) is 31.7 Å². The van der Waals surface area contributed by atoms with E-state index in [1.165, 1.54) is 25.3 Å². The number of alkyl halides is 3. The van der Waals surface area contributed by atoms with Crippen LogP contribution in [-0.4, -0.2) is 31.1 Å². The SMILES string of the molecule is COC(=O)C(Cc1ccc(Oc2ccc(C=C3OC(=O)NC3=O)cc2C(F)(F)F)cc1)Nc1ccccc1. The number of hydrogen-bond acceptors (Lipinski definition) is 7. The maximum absolute atomic E-state index is 13.8. The molecule has 0 spiro atoms. The molecule has 0 saturated carbocycles. The van der Waals surface area contributed by atoms with Crippen molar-refractivity contribution in [1.29, 1.82) is 0 Å². The van der Waals surface area contributed by atoms with Crippen LogP contribution in [0, 0.1) is 0 Å². The fraction of sp³-hybridized carbons (Fsp3) is 0.148. The highest BCUT2D eigenvalue weighted by atomic mass is 19.4. The van der Waals surface area contributed by atoms with Crippen molar-refractivity contribution in [3.63, 3.8) is 0 Å². The highest BCUT2D eigenvalue weighted by Crippen LogP contribution is 2.39. The number of ether oxygens (including phenoxy) is 3. The predicted molar refractivity (Wildman–Crippen MR) is 130 cm³/mol. The van der Waals surface area contributed by atoms with E-state index in [-0.39, 0.29) is 17.7 Å². The lowest BCUT2D eigenvalue weighted by atomic mass is 10.1. The van der Waals surface area contributed by atoms with E-state index in [1.807, 2.05) is 35.6 Å². The summed E-state index contributed by atoms with van der Waals surface area (Å²) >= 11 is 0. The summed E-state index contributed by atoms with van der Waals surface area (Å²) in [7, 11) is 1.29. The second-order valence-corrected chi connectivity index (χ2v) is 8.14. The zero-order valence-electron chi connectivity index (χ0n) is 19.9. The molecule has 1 saturated heterocycles. The van der Waals surface area contributed by atoms with E-state index in [1.54, 1.807) is 12.1 Å². The quantitative estimate of drug-likeness (QED) is 0.303. The molecule has 4 rings (SSSR count). The molecule has 3 aromatic rings. The number of hydrogen-bond donors (Lipinski definition) is 2. The third kappa shape index (κ3) is 6.49. The van der Waals surface area contributed by atoms with Crippen molar-refractivity contribution in [3.05, 3.63) is 95.2 Å². The van der Waals surface area contributed by atoms with Gasteiger partial charge in [-0.1, -0.05) is 36.4 Å². The highest BCUT2D eigenvalue weighted by Gasteiger charge is 2.35. The predicted octanol–water partition coefficient (Wildman–Crippen LogP) is 5.30. The molecule has 1 atom stereocenters. The Morgan fingerprint density at radius 2 is 1.76 bits per heavy atom. The van der Waals surface area contributed by atoms with Crippen LogP contribution in [0.3, 0.4) is 0 Å². The van der Waals surface area contributed by atoms with Gasteiger partial charge in [0.2, 0.25) is 0 Å². The number of cyclic esters (lactones) is 1. The van der Waals surface area contributed by atoms with Gasteiger partial charge in [0, 0.05) is 12.1 Å². The minimum absolute atomic E-state index is 0.0142. The molecule has 2 amide bonds. The van der Waals surface area contributed by atoms with Gasteiger partial charge in [-0.2, -0.15) is 13.2 Å². The van der Waals surface area contributed by atoms with Crippen LogP contribution in [0.4, 0.5) is 23.7 Å². The Hall–Kier alpha value is -4.80. The molecular formula is C27H21F3N2O6. The molecule has 1 fully saturated rings. The van der Waals surface area contributed by atoms with Crippen LogP contribution in [0.2, 0.25) is 0 Å². The molecule has 0 radical (unpaired) electrons. The number of carbonyl (C=O) groups excluding carboxylic acids is 3. The molecule has 2 N–H and O–H groups in total. The molecule has 1 aliphatic rings. The molecule has 3 aromatic carbocycles. The zero-order valence-corrected chi connectivity index (χ0v) is 19.9. The van der Waals surface area contributed by atoms with Crippen LogP contribution >= 0.6 is 0 Å². The summed E-state index contributed by atoms with van der Waals surface area (Å²) in [5.41, 5.74) is 0.352. The van der Waals surface area contributed by atoms with Crippen molar-refractivity contribution in [3.8, 4) is 11.5 Å². The number of para-hydroxylation sites is 1. The molecule has 1 aliphatic heterocycles. The average molecular weight is 526 g/mol. The number of halogens is 3. The minimum atomic E-state index is -4.77. The molecule has 1 heterocycles. The number of anilines is 1. The number of alkyl carbamates (subject to hydrolysis) is 1. The number of nitrogens with one attached hydrogen (secondary N) is 2. The van der Waals surface area contributed by atoms with Crippen LogP contribution < -0.4 is 15.4 Å². The lowest BCUT2D eigenvalue weighted by Gasteiger charge is -2.18. The van der Waals surface area contributed by atoms with Gasteiger partial charge in [0.25, 0.3) is 5.91 Å². The number of amides is 2. The van der Waals surface area contributed by atoms with Crippen LogP contribution in [0.15, 0.2) is 78.6 Å². The third-order valence-electron chi connectivity index (χ3n) is 5.44. The van der Waals surface area contributed by atoms with E-state index in [9.17, 15) is 27.6 Å². The summed E-state index contributed by atoms with van der Waals surface area (Å²) in [5, 5.41) is 4.97. The van der Waals surface area contributed by atoms with Gasteiger partial charge in [-0.25, -0.2) is 9.59 Å². The Bertz CT molecular complexity index is 1370. The van der Waals surface area contributed by atoms with Crippen molar-refractivity contribution in [2.24, 2.45) is 0 Å². The van der Waals surface area contributed by atoms with E-state index in [2.05, 4.69) is 10.1 Å². The number of carbonyl (C=O) groups is 3. The van der Waals surface area contributed by atoms with Crippen LogP contribution in [0.25, 0.3) is 6.08 Å². The first-order valence-electron chi connectivity index (χ1n) is 11.2. The van der Waals surface area contributed by atoms with Gasteiger partial charge < -0.3 is 19.5 Å². The third-order valence-corrected chi connectivity index (χ3v) is 5.44. The monoisotopic (exact) mass is 526 g/mol. The van der Waals surface area contributed by atoms with E-state index in [0.717, 1.165) is 29.5 Å². The molecule has 0 bridgehead atoms. The van der Waals surface area contributed by atoms with Gasteiger partial charge >= 0.3 is 18.2 Å². The topological polar surface area (TPSA) is 103 Å². The Kier molecular flexibility index (Phi) is 7.66. The van der Waals surface area contributed by atoms with Gasteiger partial charge in [0.1, 0.15) is 17.5 Å². The molecular weight excluding hydrogens is 505 g/mol. The largest absolute Gasteiger partial charge is 0.467 e. The van der Waals surface area contributed by atoms with Gasteiger partial charge in [-0.15, -0.1) is 0 Å². The lowest BCUT2D eigenvalue weighted by molar-refractivity contribution is -0.141. The summed E-state index contributed by atoms with van der Waals surface area (Å²) in [6.07, 6.45) is -4.49. The number of benzene rings is 3. The number of imide groups is 1.